The fraction of sp³-hybridized carbons (Fsp3) is 0.304. The zero-order chi connectivity index (χ0) is 22.5. The van der Waals surface area contributed by atoms with Gasteiger partial charge in [0.1, 0.15) is 5.82 Å². The van der Waals surface area contributed by atoms with Gasteiger partial charge in [-0.3, -0.25) is 10.1 Å². The number of nitrogens with zero attached hydrogens (tertiary/aromatic N) is 4. The maximum atomic E-state index is 12.7. The van der Waals surface area contributed by atoms with E-state index in [1.165, 1.54) is 11.3 Å². The lowest BCUT2D eigenvalue weighted by Gasteiger charge is -2.34. The number of carbonyl (C=O) groups excluding carboxylic acids is 2. The van der Waals surface area contributed by atoms with Crippen LogP contribution in [0.1, 0.15) is 22.2 Å². The van der Waals surface area contributed by atoms with Crippen molar-refractivity contribution in [3.63, 3.8) is 0 Å². The summed E-state index contributed by atoms with van der Waals surface area (Å²) in [7, 11) is 0. The molecular formula is C23H25N5O3S. The third kappa shape index (κ3) is 4.88. The van der Waals surface area contributed by atoms with Gasteiger partial charge in [0, 0.05) is 42.8 Å². The maximum Gasteiger partial charge on any atom is 0.409 e. The van der Waals surface area contributed by atoms with Crippen LogP contribution in [0.4, 0.5) is 15.7 Å². The first-order valence-electron chi connectivity index (χ1n) is 10.5. The first kappa shape index (κ1) is 21.8. The molecule has 9 heteroatoms. The van der Waals surface area contributed by atoms with Crippen LogP contribution in [0, 0.1) is 6.92 Å². The van der Waals surface area contributed by atoms with Gasteiger partial charge in [-0.2, -0.15) is 0 Å². The molecule has 0 aliphatic carbocycles. The summed E-state index contributed by atoms with van der Waals surface area (Å²) in [5.41, 5.74) is 2.37. The summed E-state index contributed by atoms with van der Waals surface area (Å²) in [6.45, 7) is 6.65. The van der Waals surface area contributed by atoms with Crippen molar-refractivity contribution in [2.75, 3.05) is 43.0 Å². The summed E-state index contributed by atoms with van der Waals surface area (Å²) in [4.78, 5) is 38.4. The molecule has 3 heterocycles. The number of hydrogen-bond acceptors (Lipinski definition) is 7. The SMILES string of the molecule is CCOC(=O)N1CCN(c2ccc(C(=O)Nc3nc(-c4ccccc4)c(C)s3)cn2)CC1. The molecule has 1 fully saturated rings. The minimum atomic E-state index is -0.278. The molecule has 3 aromatic rings. The Labute approximate surface area is 190 Å². The number of ether oxygens (including phenoxy) is 1. The van der Waals surface area contributed by atoms with Crippen molar-refractivity contribution in [3.05, 3.63) is 59.1 Å². The maximum absolute atomic E-state index is 12.7. The van der Waals surface area contributed by atoms with Crippen molar-refractivity contribution in [2.45, 2.75) is 13.8 Å². The number of aromatic nitrogens is 2. The highest BCUT2D eigenvalue weighted by Crippen LogP contribution is 2.30. The number of pyridine rings is 1. The van der Waals surface area contributed by atoms with Gasteiger partial charge in [0.2, 0.25) is 0 Å². The standard InChI is InChI=1S/C23H25N5O3S/c1-3-31-23(30)28-13-11-27(12-14-28)19-10-9-18(15-24-19)21(29)26-22-25-20(16(2)32-22)17-7-5-4-6-8-17/h4-10,15H,3,11-14H2,1-2H3,(H,25,26,29). The van der Waals surface area contributed by atoms with Crippen LogP contribution < -0.4 is 10.2 Å². The highest BCUT2D eigenvalue weighted by molar-refractivity contribution is 7.16. The summed E-state index contributed by atoms with van der Waals surface area (Å²) in [6, 6.07) is 13.5. The molecule has 4 rings (SSSR count). The van der Waals surface area contributed by atoms with Gasteiger partial charge in [0.25, 0.3) is 5.91 Å². The Kier molecular flexibility index (Phi) is 6.65. The van der Waals surface area contributed by atoms with Crippen LogP contribution in [0.25, 0.3) is 11.3 Å². The number of aryl methyl sites for hydroxylation is 1. The van der Waals surface area contributed by atoms with Crippen LogP contribution in [-0.2, 0) is 4.74 Å². The minimum absolute atomic E-state index is 0.246. The van der Waals surface area contributed by atoms with Gasteiger partial charge >= 0.3 is 6.09 Å². The van der Waals surface area contributed by atoms with Crippen molar-refractivity contribution in [2.24, 2.45) is 0 Å². The average molecular weight is 452 g/mol. The van der Waals surface area contributed by atoms with Crippen LogP contribution >= 0.6 is 11.3 Å². The summed E-state index contributed by atoms with van der Waals surface area (Å²) < 4.78 is 5.05. The average Bonchev–Trinajstić information content (AvgIpc) is 3.20. The summed E-state index contributed by atoms with van der Waals surface area (Å²) in [5.74, 6) is 0.533. The predicted molar refractivity (Wildman–Crippen MR) is 125 cm³/mol. The first-order valence-corrected chi connectivity index (χ1v) is 11.3. The van der Waals surface area contributed by atoms with Crippen LogP contribution in [-0.4, -0.2) is 59.7 Å². The molecular weight excluding hydrogens is 426 g/mol. The topological polar surface area (TPSA) is 87.7 Å². The van der Waals surface area contributed by atoms with Gasteiger partial charge < -0.3 is 14.5 Å². The first-order chi connectivity index (χ1) is 15.5. The quantitative estimate of drug-likeness (QED) is 0.630. The fourth-order valence-corrected chi connectivity index (χ4v) is 4.35. The third-order valence-electron chi connectivity index (χ3n) is 5.20. The molecule has 166 valence electrons. The number of carbonyl (C=O) groups is 2. The van der Waals surface area contributed by atoms with Crippen LogP contribution in [0.2, 0.25) is 0 Å². The molecule has 0 atom stereocenters. The Balaban J connectivity index is 1.37. The molecule has 0 spiro atoms. The number of rotatable bonds is 5. The molecule has 2 aromatic heterocycles. The number of nitrogens with one attached hydrogen (secondary N) is 1. The molecule has 32 heavy (non-hydrogen) atoms. The molecule has 1 aromatic carbocycles. The van der Waals surface area contributed by atoms with Crippen LogP contribution in [0.5, 0.6) is 0 Å². The highest BCUT2D eigenvalue weighted by atomic mass is 32.1. The van der Waals surface area contributed by atoms with E-state index in [0.717, 1.165) is 22.0 Å². The van der Waals surface area contributed by atoms with Crippen LogP contribution in [0.3, 0.4) is 0 Å². The van der Waals surface area contributed by atoms with Crippen molar-refractivity contribution >= 4 is 34.3 Å². The predicted octanol–water partition coefficient (Wildman–Crippen LogP) is 4.04. The van der Waals surface area contributed by atoms with E-state index in [-0.39, 0.29) is 12.0 Å². The van der Waals surface area contributed by atoms with Gasteiger partial charge in [-0.1, -0.05) is 30.3 Å². The minimum Gasteiger partial charge on any atom is -0.450 e. The van der Waals surface area contributed by atoms with E-state index in [4.69, 9.17) is 4.74 Å². The van der Waals surface area contributed by atoms with Gasteiger partial charge in [-0.15, -0.1) is 11.3 Å². The van der Waals surface area contributed by atoms with Gasteiger partial charge in [-0.25, -0.2) is 14.8 Å². The molecule has 0 saturated carbocycles. The smallest absolute Gasteiger partial charge is 0.409 e. The Morgan fingerprint density at radius 3 is 2.50 bits per heavy atom. The number of benzene rings is 1. The number of piperazine rings is 1. The van der Waals surface area contributed by atoms with Gasteiger partial charge in [-0.05, 0) is 26.0 Å². The van der Waals surface area contributed by atoms with Gasteiger partial charge in [0.05, 0.1) is 17.9 Å². The second kappa shape index (κ2) is 9.78. The van der Waals surface area contributed by atoms with E-state index in [2.05, 4.69) is 20.2 Å². The number of hydrogen-bond donors (Lipinski definition) is 1. The lowest BCUT2D eigenvalue weighted by molar-refractivity contribution is 0.102. The zero-order valence-electron chi connectivity index (χ0n) is 18.1. The zero-order valence-corrected chi connectivity index (χ0v) is 18.9. The lowest BCUT2D eigenvalue weighted by atomic mass is 10.1. The molecule has 1 aliphatic rings. The lowest BCUT2D eigenvalue weighted by Crippen LogP contribution is -2.49. The molecule has 1 N–H and O–H groups in total. The Hall–Kier alpha value is -3.46. The van der Waals surface area contributed by atoms with E-state index >= 15 is 0 Å². The largest absolute Gasteiger partial charge is 0.450 e. The number of amides is 2. The van der Waals surface area contributed by atoms with Crippen molar-refractivity contribution in [3.8, 4) is 11.3 Å². The Bertz CT molecular complexity index is 1080. The molecule has 0 bridgehead atoms. The fourth-order valence-electron chi connectivity index (χ4n) is 3.52. The summed E-state index contributed by atoms with van der Waals surface area (Å²) in [6.07, 6.45) is 1.29. The van der Waals surface area contributed by atoms with Crippen LogP contribution in [0.15, 0.2) is 48.7 Å². The normalized spacial score (nSPS) is 13.7. The molecule has 1 aliphatic heterocycles. The molecule has 0 unspecified atom stereocenters. The molecule has 0 radical (unpaired) electrons. The third-order valence-corrected chi connectivity index (χ3v) is 6.09. The summed E-state index contributed by atoms with van der Waals surface area (Å²) in [5, 5.41) is 3.44. The van der Waals surface area contributed by atoms with Crippen molar-refractivity contribution in [1.82, 2.24) is 14.9 Å². The monoisotopic (exact) mass is 451 g/mol. The van der Waals surface area contributed by atoms with Gasteiger partial charge in [0.15, 0.2) is 5.13 Å². The van der Waals surface area contributed by atoms with E-state index < -0.39 is 0 Å². The second-order valence-corrected chi connectivity index (χ2v) is 8.53. The number of anilines is 2. The molecule has 8 nitrogen and oxygen atoms in total. The molecule has 1 saturated heterocycles. The van der Waals surface area contributed by atoms with E-state index in [1.54, 1.807) is 24.1 Å². The van der Waals surface area contributed by atoms with Crippen molar-refractivity contribution in [1.29, 1.82) is 0 Å². The molecule has 2 amide bonds. The van der Waals surface area contributed by atoms with E-state index in [9.17, 15) is 9.59 Å². The highest BCUT2D eigenvalue weighted by Gasteiger charge is 2.23. The summed E-state index contributed by atoms with van der Waals surface area (Å²) >= 11 is 1.45. The second-order valence-electron chi connectivity index (χ2n) is 7.32. The number of thiazole rings is 1. The van der Waals surface area contributed by atoms with Crippen molar-refractivity contribution < 1.29 is 14.3 Å². The van der Waals surface area contributed by atoms with E-state index in [0.29, 0.717) is 43.5 Å². The Morgan fingerprint density at radius 1 is 1.09 bits per heavy atom. The Morgan fingerprint density at radius 2 is 1.84 bits per heavy atom. The van der Waals surface area contributed by atoms with E-state index in [1.807, 2.05) is 43.3 Å².